The van der Waals surface area contributed by atoms with E-state index in [4.69, 9.17) is 14.6 Å². The molecule has 41 heavy (non-hydrogen) atoms. The Morgan fingerprint density at radius 2 is 1.46 bits per heavy atom. The number of benzene rings is 4. The van der Waals surface area contributed by atoms with Crippen molar-refractivity contribution in [2.75, 3.05) is 7.11 Å². The summed E-state index contributed by atoms with van der Waals surface area (Å²) in [5.41, 5.74) is 3.91. The first-order chi connectivity index (χ1) is 19.9. The van der Waals surface area contributed by atoms with Gasteiger partial charge in [-0.2, -0.15) is 0 Å². The lowest BCUT2D eigenvalue weighted by molar-refractivity contribution is -0.151. The second-order valence-corrected chi connectivity index (χ2v) is 9.80. The molecule has 8 heteroatoms. The average molecular weight is 552 g/mol. The number of fused-ring (bicyclic) bond motifs is 1. The number of hydrogen-bond acceptors (Lipinski definition) is 5. The van der Waals surface area contributed by atoms with Gasteiger partial charge in [0.05, 0.1) is 18.6 Å². The summed E-state index contributed by atoms with van der Waals surface area (Å²) in [7, 11) is 1.51. The lowest BCUT2D eigenvalue weighted by Gasteiger charge is -2.37. The monoisotopic (exact) mass is 551 g/mol. The molecule has 1 amide bonds. The maximum absolute atomic E-state index is 14.2. The van der Waals surface area contributed by atoms with E-state index in [9.17, 15) is 19.5 Å². The van der Waals surface area contributed by atoms with E-state index in [0.29, 0.717) is 17.1 Å². The highest BCUT2D eigenvalue weighted by Gasteiger charge is 2.40. The number of ether oxygens (including phenoxy) is 2. The molecule has 1 aliphatic heterocycles. The minimum absolute atomic E-state index is 0.0389. The number of methoxy groups -OCH3 is 1. The van der Waals surface area contributed by atoms with E-state index < -0.39 is 23.9 Å². The van der Waals surface area contributed by atoms with Crippen LogP contribution in [0.3, 0.4) is 0 Å². The van der Waals surface area contributed by atoms with Crippen molar-refractivity contribution in [3.63, 3.8) is 0 Å². The number of hydrogen-bond donors (Lipinski definition) is 2. The van der Waals surface area contributed by atoms with Crippen LogP contribution in [0.5, 0.6) is 11.5 Å². The van der Waals surface area contributed by atoms with Crippen molar-refractivity contribution in [1.29, 1.82) is 0 Å². The smallest absolute Gasteiger partial charge is 0.335 e. The topological polar surface area (TPSA) is 113 Å². The zero-order chi connectivity index (χ0) is 28.9. The number of carboxylic acids is 2. The standard InChI is InChI=1S/C33H29NO7/c1-40-28-17-16-25-19-34(31(35)29(22-8-4-2-5-9-22)23-10-6-3-7-11-23)27(33(38)39)18-26(25)30(28)41-20-21-12-14-24(15-13-21)32(36)37/h2-17,27,29H,18-20H2,1H3,(H,36,37)(H,38,39)/t27-/m0/s1. The molecule has 4 aromatic rings. The number of aromatic carboxylic acids is 1. The molecule has 2 N–H and O–H groups in total. The summed E-state index contributed by atoms with van der Waals surface area (Å²) in [5.74, 6) is -2.23. The number of carboxylic acid groups (broad SMARTS) is 2. The van der Waals surface area contributed by atoms with E-state index in [-0.39, 0.29) is 31.0 Å². The molecular weight excluding hydrogens is 522 g/mol. The molecule has 0 bridgehead atoms. The van der Waals surface area contributed by atoms with E-state index in [1.54, 1.807) is 18.2 Å². The van der Waals surface area contributed by atoms with Crippen molar-refractivity contribution in [2.45, 2.75) is 31.5 Å². The molecule has 0 aromatic heterocycles. The summed E-state index contributed by atoms with van der Waals surface area (Å²) in [4.78, 5) is 39.4. The summed E-state index contributed by atoms with van der Waals surface area (Å²) in [6.07, 6.45) is 0.0389. The van der Waals surface area contributed by atoms with Gasteiger partial charge in [-0.1, -0.05) is 78.9 Å². The molecule has 1 atom stereocenters. The normalized spacial score (nSPS) is 14.3. The van der Waals surface area contributed by atoms with Gasteiger partial charge in [0.15, 0.2) is 11.5 Å². The Balaban J connectivity index is 1.48. The minimum Gasteiger partial charge on any atom is -0.493 e. The van der Waals surface area contributed by atoms with Crippen LogP contribution in [-0.4, -0.2) is 46.1 Å². The Bertz CT molecular complexity index is 1510. The van der Waals surface area contributed by atoms with Crippen LogP contribution in [0.25, 0.3) is 0 Å². The van der Waals surface area contributed by atoms with Crippen LogP contribution in [0, 0.1) is 0 Å². The van der Waals surface area contributed by atoms with Gasteiger partial charge in [0.25, 0.3) is 0 Å². The van der Waals surface area contributed by atoms with Crippen molar-refractivity contribution < 1.29 is 34.1 Å². The molecule has 0 unspecified atom stereocenters. The van der Waals surface area contributed by atoms with Gasteiger partial charge in [0.1, 0.15) is 12.6 Å². The third kappa shape index (κ3) is 5.77. The maximum atomic E-state index is 14.2. The van der Waals surface area contributed by atoms with Crippen molar-refractivity contribution >= 4 is 17.8 Å². The Morgan fingerprint density at radius 3 is 2.00 bits per heavy atom. The zero-order valence-electron chi connectivity index (χ0n) is 22.4. The van der Waals surface area contributed by atoms with Crippen molar-refractivity contribution in [3.8, 4) is 11.5 Å². The van der Waals surface area contributed by atoms with Crippen LogP contribution in [-0.2, 0) is 29.2 Å². The van der Waals surface area contributed by atoms with Gasteiger partial charge < -0.3 is 24.6 Å². The van der Waals surface area contributed by atoms with Crippen LogP contribution in [0.4, 0.5) is 0 Å². The molecule has 0 radical (unpaired) electrons. The van der Waals surface area contributed by atoms with Gasteiger partial charge in [-0.3, -0.25) is 4.79 Å². The van der Waals surface area contributed by atoms with Crippen LogP contribution in [0.15, 0.2) is 97.1 Å². The third-order valence-electron chi connectivity index (χ3n) is 7.32. The molecule has 0 aliphatic carbocycles. The van der Waals surface area contributed by atoms with E-state index in [2.05, 4.69) is 0 Å². The summed E-state index contributed by atoms with van der Waals surface area (Å²) in [6.45, 7) is 0.214. The van der Waals surface area contributed by atoms with Crippen LogP contribution in [0.2, 0.25) is 0 Å². The Labute approximate surface area is 237 Å². The highest BCUT2D eigenvalue weighted by atomic mass is 16.5. The molecule has 0 spiro atoms. The number of amides is 1. The van der Waals surface area contributed by atoms with Crippen molar-refractivity contribution in [2.24, 2.45) is 0 Å². The molecule has 0 fully saturated rings. The van der Waals surface area contributed by atoms with Crippen molar-refractivity contribution in [1.82, 2.24) is 4.90 Å². The van der Waals surface area contributed by atoms with E-state index >= 15 is 0 Å². The summed E-state index contributed by atoms with van der Waals surface area (Å²) < 4.78 is 11.7. The summed E-state index contributed by atoms with van der Waals surface area (Å²) >= 11 is 0. The molecule has 1 heterocycles. The number of carbonyl (C=O) groups excluding carboxylic acids is 1. The number of rotatable bonds is 9. The third-order valence-corrected chi connectivity index (χ3v) is 7.32. The second kappa shape index (κ2) is 12.0. The van der Waals surface area contributed by atoms with Gasteiger partial charge in [-0.05, 0) is 40.5 Å². The Hall–Kier alpha value is -5.11. The molecule has 1 aliphatic rings. The highest BCUT2D eigenvalue weighted by molar-refractivity contribution is 5.91. The zero-order valence-corrected chi connectivity index (χ0v) is 22.4. The van der Waals surface area contributed by atoms with E-state index in [0.717, 1.165) is 22.3 Å². The Morgan fingerprint density at radius 1 is 0.854 bits per heavy atom. The van der Waals surface area contributed by atoms with Crippen LogP contribution in [0.1, 0.15) is 44.1 Å². The van der Waals surface area contributed by atoms with Gasteiger partial charge in [0, 0.05) is 18.5 Å². The largest absolute Gasteiger partial charge is 0.493 e. The van der Waals surface area contributed by atoms with Crippen LogP contribution < -0.4 is 9.47 Å². The quantitative estimate of drug-likeness (QED) is 0.296. The Kier molecular flexibility index (Phi) is 8.01. The lowest BCUT2D eigenvalue weighted by atomic mass is 9.87. The lowest BCUT2D eigenvalue weighted by Crippen LogP contribution is -2.50. The average Bonchev–Trinajstić information content (AvgIpc) is 3.00. The van der Waals surface area contributed by atoms with E-state index in [1.807, 2.05) is 66.7 Å². The van der Waals surface area contributed by atoms with Gasteiger partial charge >= 0.3 is 11.9 Å². The molecule has 4 aromatic carbocycles. The number of carbonyl (C=O) groups is 3. The predicted molar refractivity (Wildman–Crippen MR) is 151 cm³/mol. The molecule has 5 rings (SSSR count). The number of nitrogens with zero attached hydrogens (tertiary/aromatic N) is 1. The molecular formula is C33H29NO7. The van der Waals surface area contributed by atoms with Gasteiger partial charge in [0.2, 0.25) is 5.91 Å². The highest BCUT2D eigenvalue weighted by Crippen LogP contribution is 2.40. The number of aliphatic carboxylic acids is 1. The minimum atomic E-state index is -1.12. The molecule has 0 saturated heterocycles. The second-order valence-electron chi connectivity index (χ2n) is 9.80. The van der Waals surface area contributed by atoms with Crippen molar-refractivity contribution in [3.05, 3.63) is 130 Å². The molecule has 208 valence electrons. The fourth-order valence-corrected chi connectivity index (χ4v) is 5.22. The summed E-state index contributed by atoms with van der Waals surface area (Å²) in [6, 6.07) is 27.5. The van der Waals surface area contributed by atoms with Gasteiger partial charge in [-0.25, -0.2) is 9.59 Å². The van der Waals surface area contributed by atoms with E-state index in [1.165, 1.54) is 24.1 Å². The summed E-state index contributed by atoms with van der Waals surface area (Å²) in [5, 5.41) is 19.4. The molecule has 0 saturated carbocycles. The fourth-order valence-electron chi connectivity index (χ4n) is 5.22. The fraction of sp³-hybridized carbons (Fsp3) is 0.182. The first-order valence-corrected chi connectivity index (χ1v) is 13.1. The first kappa shape index (κ1) is 27.5. The molecule has 8 nitrogen and oxygen atoms in total. The maximum Gasteiger partial charge on any atom is 0.335 e. The van der Waals surface area contributed by atoms with Crippen LogP contribution >= 0.6 is 0 Å². The predicted octanol–water partition coefficient (Wildman–Crippen LogP) is 5.14. The SMILES string of the molecule is COc1ccc2c(c1OCc1ccc(C(=O)O)cc1)C[C@@H](C(=O)O)N(C(=O)C(c1ccccc1)c1ccccc1)C2. The first-order valence-electron chi connectivity index (χ1n) is 13.1. The van der Waals surface area contributed by atoms with Gasteiger partial charge in [-0.15, -0.1) is 0 Å².